The van der Waals surface area contributed by atoms with Crippen molar-refractivity contribution < 1.29 is 0 Å². The van der Waals surface area contributed by atoms with Crippen molar-refractivity contribution in [2.24, 2.45) is 5.92 Å². The van der Waals surface area contributed by atoms with Crippen LogP contribution in [0.4, 0.5) is 0 Å². The highest BCUT2D eigenvalue weighted by Gasteiger charge is 2.42. The highest BCUT2D eigenvalue weighted by molar-refractivity contribution is 7.80. The van der Waals surface area contributed by atoms with Crippen LogP contribution in [0.25, 0.3) is 0 Å². The molecule has 3 fully saturated rings. The van der Waals surface area contributed by atoms with E-state index in [0.717, 1.165) is 17.7 Å². The third-order valence-electron chi connectivity index (χ3n) is 5.01. The Balaban J connectivity index is 1.85. The first-order chi connectivity index (χ1) is 8.81. The number of hydrogen-bond acceptors (Lipinski definition) is 2. The van der Waals surface area contributed by atoms with Gasteiger partial charge in [0, 0.05) is 23.9 Å². The Labute approximate surface area is 116 Å². The average Bonchev–Trinajstić information content (AvgIpc) is 2.47. The molecule has 2 bridgehead atoms. The lowest BCUT2D eigenvalue weighted by atomic mass is 9.74. The van der Waals surface area contributed by atoms with E-state index in [1.54, 1.807) is 0 Å². The Hall–Kier alpha value is -0.470. The molecule has 1 aliphatic carbocycles. The molecular weight excluding hydrogens is 238 g/mol. The van der Waals surface area contributed by atoms with Crippen molar-refractivity contribution >= 4 is 12.6 Å². The van der Waals surface area contributed by atoms with Crippen LogP contribution in [0.3, 0.4) is 0 Å². The molecule has 2 aliphatic heterocycles. The van der Waals surface area contributed by atoms with Gasteiger partial charge < -0.3 is 0 Å². The van der Waals surface area contributed by atoms with Crippen molar-refractivity contribution in [1.82, 2.24) is 4.90 Å². The lowest BCUT2D eigenvalue weighted by molar-refractivity contribution is -0.0284. The van der Waals surface area contributed by atoms with Crippen LogP contribution < -0.4 is 0 Å². The standard InChI is InChI=1S/C16H23NS/c1-12(13-5-3-2-4-6-13)17-15-9-7-14(8-10-15)16(17)11-18/h2-6,12,14-16,18H,7-11H2,1H3/t12-,14?,15?,16+/m1/s1. The largest absolute Gasteiger partial charge is 0.290 e. The summed E-state index contributed by atoms with van der Waals surface area (Å²) in [5, 5.41) is 0. The first-order valence-electron chi connectivity index (χ1n) is 7.24. The van der Waals surface area contributed by atoms with Crippen LogP contribution in [0.2, 0.25) is 0 Å². The van der Waals surface area contributed by atoms with E-state index in [4.69, 9.17) is 0 Å². The lowest BCUT2D eigenvalue weighted by Gasteiger charge is -2.53. The number of thiol groups is 1. The summed E-state index contributed by atoms with van der Waals surface area (Å²) in [7, 11) is 0. The van der Waals surface area contributed by atoms with Crippen LogP contribution >= 0.6 is 12.6 Å². The van der Waals surface area contributed by atoms with Gasteiger partial charge in [-0.05, 0) is 44.1 Å². The number of nitrogens with zero attached hydrogens (tertiary/aromatic N) is 1. The van der Waals surface area contributed by atoms with Crippen molar-refractivity contribution in [2.45, 2.75) is 50.7 Å². The normalized spacial score (nSPS) is 33.6. The summed E-state index contributed by atoms with van der Waals surface area (Å²) in [6.45, 7) is 2.37. The summed E-state index contributed by atoms with van der Waals surface area (Å²) in [6, 6.07) is 13.0. The molecule has 1 saturated carbocycles. The minimum absolute atomic E-state index is 0.538. The molecule has 1 aromatic rings. The van der Waals surface area contributed by atoms with E-state index in [0.29, 0.717) is 12.1 Å². The summed E-state index contributed by atoms with van der Waals surface area (Å²) in [4.78, 5) is 2.76. The SMILES string of the molecule is C[C@H](c1ccccc1)N1C2CCC(CC2)[C@@H]1CS. The fraction of sp³-hybridized carbons (Fsp3) is 0.625. The van der Waals surface area contributed by atoms with Gasteiger partial charge in [0.25, 0.3) is 0 Å². The Bertz CT molecular complexity index is 383. The molecule has 2 heterocycles. The summed E-state index contributed by atoms with van der Waals surface area (Å²) in [5.41, 5.74) is 1.46. The molecular formula is C16H23NS. The number of rotatable bonds is 3. The van der Waals surface area contributed by atoms with Crippen LogP contribution in [-0.2, 0) is 0 Å². The van der Waals surface area contributed by atoms with Gasteiger partial charge in [-0.2, -0.15) is 12.6 Å². The molecule has 2 saturated heterocycles. The van der Waals surface area contributed by atoms with Crippen LogP contribution in [0, 0.1) is 5.92 Å². The fourth-order valence-electron chi connectivity index (χ4n) is 4.05. The maximum Gasteiger partial charge on any atom is 0.0326 e. The summed E-state index contributed by atoms with van der Waals surface area (Å²) in [5.74, 6) is 1.90. The van der Waals surface area contributed by atoms with Crippen LogP contribution in [0.1, 0.15) is 44.2 Å². The van der Waals surface area contributed by atoms with Gasteiger partial charge in [0.15, 0.2) is 0 Å². The predicted octanol–water partition coefficient (Wildman–Crippen LogP) is 3.92. The molecule has 1 aromatic carbocycles. The maximum absolute atomic E-state index is 4.62. The van der Waals surface area contributed by atoms with E-state index < -0.39 is 0 Å². The van der Waals surface area contributed by atoms with E-state index in [2.05, 4.69) is 54.8 Å². The molecule has 0 spiro atoms. The van der Waals surface area contributed by atoms with Crippen molar-refractivity contribution in [3.05, 3.63) is 35.9 Å². The summed E-state index contributed by atoms with van der Waals surface area (Å²) >= 11 is 4.62. The molecule has 1 nitrogen and oxygen atoms in total. The molecule has 2 atom stereocenters. The van der Waals surface area contributed by atoms with E-state index >= 15 is 0 Å². The Kier molecular flexibility index (Phi) is 3.67. The number of piperidine rings is 2. The first-order valence-corrected chi connectivity index (χ1v) is 7.87. The predicted molar refractivity (Wildman–Crippen MR) is 80.1 cm³/mol. The molecule has 18 heavy (non-hydrogen) atoms. The van der Waals surface area contributed by atoms with Crippen molar-refractivity contribution in [2.75, 3.05) is 5.75 Å². The van der Waals surface area contributed by atoms with Crippen molar-refractivity contribution in [3.63, 3.8) is 0 Å². The van der Waals surface area contributed by atoms with Crippen molar-refractivity contribution in [1.29, 1.82) is 0 Å². The molecule has 0 radical (unpaired) electrons. The molecule has 3 aliphatic rings. The van der Waals surface area contributed by atoms with E-state index in [9.17, 15) is 0 Å². The zero-order valence-electron chi connectivity index (χ0n) is 11.1. The molecule has 0 unspecified atom stereocenters. The fourth-order valence-corrected chi connectivity index (χ4v) is 4.54. The third kappa shape index (κ3) is 2.10. The second kappa shape index (κ2) is 5.26. The maximum atomic E-state index is 4.62. The third-order valence-corrected chi connectivity index (χ3v) is 5.38. The van der Waals surface area contributed by atoms with Gasteiger partial charge in [-0.1, -0.05) is 30.3 Å². The topological polar surface area (TPSA) is 3.24 Å². The summed E-state index contributed by atoms with van der Waals surface area (Å²) in [6.07, 6.45) is 5.64. The number of benzene rings is 1. The summed E-state index contributed by atoms with van der Waals surface area (Å²) < 4.78 is 0. The molecule has 2 heteroatoms. The van der Waals surface area contributed by atoms with Gasteiger partial charge >= 0.3 is 0 Å². The highest BCUT2D eigenvalue weighted by atomic mass is 32.1. The second-order valence-corrected chi connectivity index (χ2v) is 6.22. The minimum atomic E-state index is 0.538. The lowest BCUT2D eigenvalue weighted by Crippen LogP contribution is -2.56. The number of fused-ring (bicyclic) bond motifs is 3. The Morgan fingerprint density at radius 1 is 1.17 bits per heavy atom. The van der Waals surface area contributed by atoms with E-state index in [1.807, 2.05) is 0 Å². The second-order valence-electron chi connectivity index (χ2n) is 5.85. The first kappa shape index (κ1) is 12.6. The van der Waals surface area contributed by atoms with Crippen LogP contribution in [-0.4, -0.2) is 22.7 Å². The molecule has 0 aromatic heterocycles. The van der Waals surface area contributed by atoms with E-state index in [-0.39, 0.29) is 0 Å². The quantitative estimate of drug-likeness (QED) is 0.807. The smallest absolute Gasteiger partial charge is 0.0326 e. The average molecular weight is 261 g/mol. The minimum Gasteiger partial charge on any atom is -0.290 e. The van der Waals surface area contributed by atoms with Gasteiger partial charge in [0.05, 0.1) is 0 Å². The van der Waals surface area contributed by atoms with Gasteiger partial charge in [-0.25, -0.2) is 0 Å². The number of hydrogen-bond donors (Lipinski definition) is 1. The monoisotopic (exact) mass is 261 g/mol. The van der Waals surface area contributed by atoms with Gasteiger partial charge in [-0.15, -0.1) is 0 Å². The molecule has 0 amide bonds. The Morgan fingerprint density at radius 3 is 2.44 bits per heavy atom. The zero-order chi connectivity index (χ0) is 12.5. The highest BCUT2D eigenvalue weighted by Crippen LogP contribution is 2.44. The zero-order valence-corrected chi connectivity index (χ0v) is 12.0. The Morgan fingerprint density at radius 2 is 1.83 bits per heavy atom. The molecule has 4 rings (SSSR count). The van der Waals surface area contributed by atoms with E-state index in [1.165, 1.54) is 31.2 Å². The molecule has 0 N–H and O–H groups in total. The van der Waals surface area contributed by atoms with Crippen molar-refractivity contribution in [3.8, 4) is 0 Å². The van der Waals surface area contributed by atoms with Gasteiger partial charge in [-0.3, -0.25) is 4.90 Å². The molecule has 98 valence electrons. The van der Waals surface area contributed by atoms with Crippen LogP contribution in [0.5, 0.6) is 0 Å². The van der Waals surface area contributed by atoms with Gasteiger partial charge in [0.1, 0.15) is 0 Å². The van der Waals surface area contributed by atoms with Gasteiger partial charge in [0.2, 0.25) is 0 Å². The van der Waals surface area contributed by atoms with Crippen LogP contribution in [0.15, 0.2) is 30.3 Å².